The number of carbonyl (C=O) groups excluding carboxylic acids is 1. The smallest absolute Gasteiger partial charge is 0.330 e. The van der Waals surface area contributed by atoms with E-state index >= 15 is 0 Å². The zero-order valence-electron chi connectivity index (χ0n) is 24.1. The first kappa shape index (κ1) is 28.1. The van der Waals surface area contributed by atoms with Crippen molar-refractivity contribution in [2.45, 2.75) is 130 Å². The van der Waals surface area contributed by atoms with Gasteiger partial charge in [0.1, 0.15) is 11.7 Å². The van der Waals surface area contributed by atoms with Crippen LogP contribution < -0.4 is 0 Å². The summed E-state index contributed by atoms with van der Waals surface area (Å²) in [6.45, 7) is 18.4. The van der Waals surface area contributed by atoms with Crippen LogP contribution in [0.2, 0.25) is 0 Å². The van der Waals surface area contributed by atoms with Crippen LogP contribution in [-0.4, -0.2) is 35.5 Å². The van der Waals surface area contributed by atoms with Gasteiger partial charge in [-0.2, -0.15) is 0 Å². The molecule has 4 saturated carbocycles. The number of aliphatic hydroxyl groups is 1. The molecule has 1 N–H and O–H groups in total. The molecule has 4 aliphatic carbocycles. The maximum absolute atomic E-state index is 12.5. The molecule has 0 aliphatic heterocycles. The molecule has 0 aromatic carbocycles. The monoisotopic (exact) mass is 502 g/mol. The lowest BCUT2D eigenvalue weighted by atomic mass is 9.42. The molecule has 0 aromatic rings. The van der Waals surface area contributed by atoms with Gasteiger partial charge < -0.3 is 14.6 Å². The molecular formula is C32H54O4. The van der Waals surface area contributed by atoms with Gasteiger partial charge in [-0.15, -0.1) is 0 Å². The van der Waals surface area contributed by atoms with E-state index in [-0.39, 0.29) is 11.5 Å². The second-order valence-electron chi connectivity index (χ2n) is 13.9. The SMILES string of the molecule is C=CC(=O)O[C@@H]1C[C@H]2[C@@H]3CC[C@H]([C@H](C)CCCC(C)C)[C@@]3(C)CC[C@@H]2[C@@]2(C)CC[C@H](OCC)C[C@]12O. The van der Waals surface area contributed by atoms with Crippen LogP contribution in [0.25, 0.3) is 0 Å². The lowest BCUT2D eigenvalue weighted by molar-refractivity contribution is -0.271. The van der Waals surface area contributed by atoms with E-state index in [0.717, 1.165) is 37.0 Å². The summed E-state index contributed by atoms with van der Waals surface area (Å²) >= 11 is 0. The van der Waals surface area contributed by atoms with Crippen LogP contribution in [0.5, 0.6) is 0 Å². The fourth-order valence-electron chi connectivity index (χ4n) is 9.95. The van der Waals surface area contributed by atoms with E-state index in [0.29, 0.717) is 36.2 Å². The summed E-state index contributed by atoms with van der Waals surface area (Å²) in [5.41, 5.74) is -0.932. The van der Waals surface area contributed by atoms with Crippen LogP contribution in [0.3, 0.4) is 0 Å². The first-order valence-electron chi connectivity index (χ1n) is 15.2. The van der Waals surface area contributed by atoms with Gasteiger partial charge in [-0.05, 0) is 92.8 Å². The number of rotatable bonds is 9. The highest BCUT2D eigenvalue weighted by Gasteiger charge is 2.68. The first-order valence-corrected chi connectivity index (χ1v) is 15.2. The number of fused-ring (bicyclic) bond motifs is 5. The highest BCUT2D eigenvalue weighted by Crippen LogP contribution is 2.69. The van der Waals surface area contributed by atoms with E-state index in [1.165, 1.54) is 51.0 Å². The van der Waals surface area contributed by atoms with Crippen molar-refractivity contribution >= 4 is 5.97 Å². The fourth-order valence-corrected chi connectivity index (χ4v) is 9.95. The molecule has 36 heavy (non-hydrogen) atoms. The third-order valence-corrected chi connectivity index (χ3v) is 11.8. The Labute approximate surface area is 221 Å². The molecule has 4 nitrogen and oxygen atoms in total. The van der Waals surface area contributed by atoms with Gasteiger partial charge in [-0.25, -0.2) is 4.79 Å². The van der Waals surface area contributed by atoms with Crippen LogP contribution in [0, 0.1) is 46.3 Å². The Hall–Kier alpha value is -0.870. The summed E-state index contributed by atoms with van der Waals surface area (Å²) < 4.78 is 12.0. The Morgan fingerprint density at radius 3 is 2.50 bits per heavy atom. The number of hydrogen-bond donors (Lipinski definition) is 1. The van der Waals surface area contributed by atoms with Gasteiger partial charge in [0.25, 0.3) is 0 Å². The maximum Gasteiger partial charge on any atom is 0.330 e. The Balaban J connectivity index is 1.60. The Morgan fingerprint density at radius 2 is 1.83 bits per heavy atom. The van der Waals surface area contributed by atoms with Gasteiger partial charge in [0, 0.05) is 24.5 Å². The molecule has 206 valence electrons. The van der Waals surface area contributed by atoms with Crippen LogP contribution in [-0.2, 0) is 14.3 Å². The van der Waals surface area contributed by atoms with Crippen molar-refractivity contribution in [1.29, 1.82) is 0 Å². The summed E-state index contributed by atoms with van der Waals surface area (Å²) in [6, 6.07) is 0. The van der Waals surface area contributed by atoms with Gasteiger partial charge in [-0.3, -0.25) is 0 Å². The largest absolute Gasteiger partial charge is 0.456 e. The highest BCUT2D eigenvalue weighted by molar-refractivity contribution is 5.81. The van der Waals surface area contributed by atoms with Crippen molar-refractivity contribution in [1.82, 2.24) is 0 Å². The third kappa shape index (κ3) is 4.72. The van der Waals surface area contributed by atoms with Crippen molar-refractivity contribution in [2.24, 2.45) is 46.3 Å². The molecule has 0 bridgehead atoms. The second kappa shape index (κ2) is 10.7. The normalized spacial score (nSPS) is 44.9. The molecule has 0 radical (unpaired) electrons. The minimum atomic E-state index is -1.04. The zero-order valence-corrected chi connectivity index (χ0v) is 24.1. The second-order valence-corrected chi connectivity index (χ2v) is 13.9. The molecule has 0 aromatic heterocycles. The molecule has 4 aliphatic rings. The molecule has 0 unspecified atom stereocenters. The topological polar surface area (TPSA) is 55.8 Å². The average molecular weight is 503 g/mol. The summed E-state index contributed by atoms with van der Waals surface area (Å²) in [7, 11) is 0. The number of ether oxygens (including phenoxy) is 2. The van der Waals surface area contributed by atoms with E-state index in [9.17, 15) is 9.90 Å². The van der Waals surface area contributed by atoms with E-state index in [1.54, 1.807) is 0 Å². The molecule has 4 heteroatoms. The highest BCUT2D eigenvalue weighted by atomic mass is 16.6. The minimum absolute atomic E-state index is 0.0333. The molecule has 4 rings (SSSR count). The number of hydrogen-bond acceptors (Lipinski definition) is 4. The van der Waals surface area contributed by atoms with Crippen molar-refractivity contribution in [3.8, 4) is 0 Å². The van der Waals surface area contributed by atoms with Crippen LogP contribution in [0.4, 0.5) is 0 Å². The summed E-state index contributed by atoms with van der Waals surface area (Å²) in [5, 5.41) is 12.4. The zero-order chi connectivity index (χ0) is 26.3. The third-order valence-electron chi connectivity index (χ3n) is 11.8. The molecular weight excluding hydrogens is 448 g/mol. The maximum atomic E-state index is 12.5. The van der Waals surface area contributed by atoms with Gasteiger partial charge in [-0.1, -0.05) is 60.5 Å². The van der Waals surface area contributed by atoms with E-state index < -0.39 is 17.7 Å². The van der Waals surface area contributed by atoms with Crippen LogP contribution >= 0.6 is 0 Å². The van der Waals surface area contributed by atoms with Gasteiger partial charge in [0.2, 0.25) is 0 Å². The molecule has 0 saturated heterocycles. The number of carbonyl (C=O) groups is 1. The molecule has 0 amide bonds. The molecule has 10 atom stereocenters. The molecule has 0 heterocycles. The van der Waals surface area contributed by atoms with Gasteiger partial charge >= 0.3 is 5.97 Å². The van der Waals surface area contributed by atoms with E-state index in [1.807, 2.05) is 6.92 Å². The Bertz CT molecular complexity index is 793. The first-order chi connectivity index (χ1) is 17.0. The van der Waals surface area contributed by atoms with Crippen molar-refractivity contribution < 1.29 is 19.4 Å². The summed E-state index contributed by atoms with van der Waals surface area (Å²) in [4.78, 5) is 12.5. The standard InChI is InChI=1S/C32H54O4/c1-8-29(33)36-28-19-24-26-14-13-25(22(5)12-10-11-21(3)4)30(26,6)17-16-27(24)31(7)18-15-23(35-9-2)20-32(28,31)34/h8,21-28,34H,1,9-20H2,2-7H3/t22-,23+,24+,25-,26+,27+,28-,30-,31-,32+/m1/s1. The van der Waals surface area contributed by atoms with Crippen molar-refractivity contribution in [3.63, 3.8) is 0 Å². The fraction of sp³-hybridized carbons (Fsp3) is 0.906. The quantitative estimate of drug-likeness (QED) is 0.265. The predicted octanol–water partition coefficient (Wildman–Crippen LogP) is 7.34. The summed E-state index contributed by atoms with van der Waals surface area (Å²) in [6.07, 6.45) is 13.2. The van der Waals surface area contributed by atoms with Crippen LogP contribution in [0.1, 0.15) is 112 Å². The van der Waals surface area contributed by atoms with Crippen molar-refractivity contribution in [3.05, 3.63) is 12.7 Å². The van der Waals surface area contributed by atoms with Gasteiger partial charge in [0.15, 0.2) is 0 Å². The number of esters is 1. The van der Waals surface area contributed by atoms with E-state index in [2.05, 4.69) is 41.2 Å². The van der Waals surface area contributed by atoms with Crippen molar-refractivity contribution in [2.75, 3.05) is 6.61 Å². The Kier molecular flexibility index (Phi) is 8.38. The Morgan fingerprint density at radius 1 is 1.08 bits per heavy atom. The predicted molar refractivity (Wildman–Crippen MR) is 145 cm³/mol. The van der Waals surface area contributed by atoms with E-state index in [4.69, 9.17) is 9.47 Å². The minimum Gasteiger partial charge on any atom is -0.456 e. The van der Waals surface area contributed by atoms with Gasteiger partial charge in [0.05, 0.1) is 6.10 Å². The van der Waals surface area contributed by atoms with Crippen LogP contribution in [0.15, 0.2) is 12.7 Å². The average Bonchev–Trinajstić information content (AvgIpc) is 3.18. The summed E-state index contributed by atoms with van der Waals surface area (Å²) in [5.74, 6) is 3.58. The molecule has 4 fully saturated rings. The lowest BCUT2D eigenvalue weighted by Gasteiger charge is -2.65. The lowest BCUT2D eigenvalue weighted by Crippen LogP contribution is -2.69. The molecule has 0 spiro atoms.